The quantitative estimate of drug-likeness (QED) is 0.212. The van der Waals surface area contributed by atoms with Gasteiger partial charge in [0.25, 0.3) is 0 Å². The third-order valence-corrected chi connectivity index (χ3v) is 0.769. The van der Waals surface area contributed by atoms with E-state index in [0.717, 1.165) is 0 Å². The number of rotatable bonds is 3. The summed E-state index contributed by atoms with van der Waals surface area (Å²) >= 11 is 0. The van der Waals surface area contributed by atoms with Crippen LogP contribution in [0.1, 0.15) is 0 Å². The molecule has 5 N–H and O–H groups in total. The summed E-state index contributed by atoms with van der Waals surface area (Å²) in [6, 6.07) is 0. The van der Waals surface area contributed by atoms with Crippen molar-refractivity contribution in [1.29, 1.82) is 0 Å². The Morgan fingerprint density at radius 1 is 1.60 bits per heavy atom. The molecule has 0 heterocycles. The Balaban J connectivity index is 0. The summed E-state index contributed by atoms with van der Waals surface area (Å²) in [6.07, 6.45) is 1.22. The molecule has 0 saturated carbocycles. The third kappa shape index (κ3) is 15.6. The molecular formula is C3H10N2O4S. The molecule has 0 saturated heterocycles. The molecule has 0 aliphatic carbocycles. The maximum Gasteiger partial charge on any atom is 0.397 e. The van der Waals surface area contributed by atoms with Gasteiger partial charge >= 0.3 is 10.4 Å². The second kappa shape index (κ2) is 6.65. The molecule has 0 aromatic heterocycles. The van der Waals surface area contributed by atoms with Gasteiger partial charge in [-0.05, 0) is 0 Å². The van der Waals surface area contributed by atoms with E-state index >= 15 is 0 Å². The molecule has 0 spiro atoms. The SMILES string of the molecule is C=CCOS(=O)(=O)O.NN. The van der Waals surface area contributed by atoms with Crippen molar-refractivity contribution in [2.24, 2.45) is 11.7 Å². The summed E-state index contributed by atoms with van der Waals surface area (Å²) in [5, 5.41) is 0. The van der Waals surface area contributed by atoms with Gasteiger partial charge in [0.05, 0.1) is 6.61 Å². The van der Waals surface area contributed by atoms with Gasteiger partial charge < -0.3 is 0 Å². The minimum atomic E-state index is -4.26. The number of hydrazine groups is 1. The predicted octanol–water partition coefficient (Wildman–Crippen LogP) is -1.19. The number of hydrogen-bond donors (Lipinski definition) is 3. The highest BCUT2D eigenvalue weighted by Crippen LogP contribution is 1.83. The lowest BCUT2D eigenvalue weighted by Gasteiger charge is -1.90. The summed E-state index contributed by atoms with van der Waals surface area (Å²) in [5.74, 6) is 8.00. The fourth-order valence-electron chi connectivity index (χ4n) is 0.134. The van der Waals surface area contributed by atoms with Gasteiger partial charge in [-0.3, -0.25) is 16.2 Å². The Bertz CT molecular complexity index is 163. The van der Waals surface area contributed by atoms with Crippen molar-refractivity contribution < 1.29 is 17.2 Å². The Labute approximate surface area is 59.4 Å². The molecule has 0 atom stereocenters. The molecule has 0 bridgehead atoms. The molecule has 0 fully saturated rings. The molecule has 10 heavy (non-hydrogen) atoms. The van der Waals surface area contributed by atoms with Crippen molar-refractivity contribution in [3.8, 4) is 0 Å². The van der Waals surface area contributed by atoms with Gasteiger partial charge in [0.15, 0.2) is 0 Å². The summed E-state index contributed by atoms with van der Waals surface area (Å²) in [7, 11) is -4.26. The van der Waals surface area contributed by atoms with Crippen molar-refractivity contribution >= 4 is 10.4 Å². The van der Waals surface area contributed by atoms with E-state index in [2.05, 4.69) is 22.4 Å². The van der Waals surface area contributed by atoms with Crippen LogP contribution < -0.4 is 11.7 Å². The van der Waals surface area contributed by atoms with E-state index in [0.29, 0.717) is 0 Å². The topological polar surface area (TPSA) is 116 Å². The van der Waals surface area contributed by atoms with Crippen LogP contribution in [0.2, 0.25) is 0 Å². The van der Waals surface area contributed by atoms with E-state index in [1.54, 1.807) is 0 Å². The van der Waals surface area contributed by atoms with Gasteiger partial charge in [0.2, 0.25) is 0 Å². The van der Waals surface area contributed by atoms with E-state index in [1.165, 1.54) is 6.08 Å². The van der Waals surface area contributed by atoms with Crippen LogP contribution in [0.3, 0.4) is 0 Å². The fraction of sp³-hybridized carbons (Fsp3) is 0.333. The van der Waals surface area contributed by atoms with Crippen LogP contribution in [0.5, 0.6) is 0 Å². The van der Waals surface area contributed by atoms with Crippen LogP contribution in [0.4, 0.5) is 0 Å². The van der Waals surface area contributed by atoms with Crippen molar-refractivity contribution in [3.05, 3.63) is 12.7 Å². The predicted molar refractivity (Wildman–Crippen MR) is 36.1 cm³/mol. The zero-order valence-corrected chi connectivity index (χ0v) is 6.04. The molecule has 0 aromatic rings. The zero-order chi connectivity index (χ0) is 8.62. The summed E-state index contributed by atoms with van der Waals surface area (Å²) < 4.78 is 31.0. The molecule has 6 nitrogen and oxygen atoms in total. The van der Waals surface area contributed by atoms with E-state index in [4.69, 9.17) is 4.55 Å². The second-order valence-corrected chi connectivity index (χ2v) is 2.09. The second-order valence-electron chi connectivity index (χ2n) is 1.00. The summed E-state index contributed by atoms with van der Waals surface area (Å²) in [6.45, 7) is 2.97. The first-order valence-corrected chi connectivity index (χ1v) is 3.49. The van der Waals surface area contributed by atoms with Crippen molar-refractivity contribution in [2.75, 3.05) is 6.61 Å². The van der Waals surface area contributed by atoms with Gasteiger partial charge in [0, 0.05) is 0 Å². The first kappa shape index (κ1) is 12.2. The van der Waals surface area contributed by atoms with E-state index in [1.807, 2.05) is 0 Å². The molecule has 0 aliphatic heterocycles. The van der Waals surface area contributed by atoms with Crippen LogP contribution >= 0.6 is 0 Å². The maximum absolute atomic E-state index is 9.68. The van der Waals surface area contributed by atoms with Crippen LogP contribution in [-0.2, 0) is 14.6 Å². The highest BCUT2D eigenvalue weighted by Gasteiger charge is 1.99. The van der Waals surface area contributed by atoms with Gasteiger partial charge in [-0.25, -0.2) is 4.18 Å². The Morgan fingerprint density at radius 3 is 2.10 bits per heavy atom. The summed E-state index contributed by atoms with van der Waals surface area (Å²) in [4.78, 5) is 0. The van der Waals surface area contributed by atoms with Crippen molar-refractivity contribution in [2.45, 2.75) is 0 Å². The smallest absolute Gasteiger partial charge is 0.274 e. The third-order valence-electron chi connectivity index (χ3n) is 0.335. The van der Waals surface area contributed by atoms with E-state index in [9.17, 15) is 8.42 Å². The average molecular weight is 170 g/mol. The van der Waals surface area contributed by atoms with Crippen LogP contribution in [0.25, 0.3) is 0 Å². The molecule has 0 rings (SSSR count). The first-order chi connectivity index (χ1) is 4.56. The van der Waals surface area contributed by atoms with Crippen molar-refractivity contribution in [1.82, 2.24) is 0 Å². The molecule has 7 heteroatoms. The molecule has 0 amide bonds. The lowest BCUT2D eigenvalue weighted by molar-refractivity contribution is 0.296. The minimum Gasteiger partial charge on any atom is -0.274 e. The zero-order valence-electron chi connectivity index (χ0n) is 5.23. The highest BCUT2D eigenvalue weighted by molar-refractivity contribution is 7.80. The Kier molecular flexibility index (Phi) is 8.13. The number of hydrogen-bond acceptors (Lipinski definition) is 5. The summed E-state index contributed by atoms with van der Waals surface area (Å²) in [5.41, 5.74) is 0. The molecular weight excluding hydrogens is 160 g/mol. The molecule has 0 radical (unpaired) electrons. The molecule has 0 aliphatic rings. The van der Waals surface area contributed by atoms with Crippen molar-refractivity contribution in [3.63, 3.8) is 0 Å². The molecule has 0 aromatic carbocycles. The number of nitrogens with two attached hydrogens (primary N) is 2. The first-order valence-electron chi connectivity index (χ1n) is 2.12. The van der Waals surface area contributed by atoms with Gasteiger partial charge in [-0.15, -0.1) is 6.58 Å². The Morgan fingerprint density at radius 2 is 2.00 bits per heavy atom. The monoisotopic (exact) mass is 170 g/mol. The van der Waals surface area contributed by atoms with Crippen LogP contribution in [0, 0.1) is 0 Å². The lowest BCUT2D eigenvalue weighted by Crippen LogP contribution is -2.02. The molecule has 0 unspecified atom stereocenters. The van der Waals surface area contributed by atoms with E-state index in [-0.39, 0.29) is 6.61 Å². The Hall–Kier alpha value is -0.470. The van der Waals surface area contributed by atoms with Gasteiger partial charge in [-0.1, -0.05) is 6.08 Å². The van der Waals surface area contributed by atoms with Crippen LogP contribution in [-0.4, -0.2) is 19.6 Å². The average Bonchev–Trinajstić information content (AvgIpc) is 1.87. The highest BCUT2D eigenvalue weighted by atomic mass is 32.3. The van der Waals surface area contributed by atoms with Crippen LogP contribution in [0.15, 0.2) is 12.7 Å². The minimum absolute atomic E-state index is 0.196. The fourth-order valence-corrected chi connectivity index (χ4v) is 0.402. The lowest BCUT2D eigenvalue weighted by atomic mass is 10.7. The maximum atomic E-state index is 9.68. The van der Waals surface area contributed by atoms with Gasteiger partial charge in [0.1, 0.15) is 0 Å². The normalized spacial score (nSPS) is 9.50. The van der Waals surface area contributed by atoms with Gasteiger partial charge in [-0.2, -0.15) is 8.42 Å². The largest absolute Gasteiger partial charge is 0.397 e. The molecule has 62 valence electrons. The van der Waals surface area contributed by atoms with E-state index < -0.39 is 10.4 Å². The standard InChI is InChI=1S/C3H6O4S.H4N2/c1-2-3-7-8(4,5)6;1-2/h2H,1,3H2,(H,4,5,6);1-2H2.